The number of nitrogens with zero attached hydrogens (tertiary/aromatic N) is 2. The highest BCUT2D eigenvalue weighted by atomic mass is 32.2. The smallest absolute Gasteiger partial charge is 0.264 e. The van der Waals surface area contributed by atoms with E-state index < -0.39 is 20.0 Å². The van der Waals surface area contributed by atoms with Crippen molar-refractivity contribution < 1.29 is 16.8 Å². The second-order valence-electron chi connectivity index (χ2n) is 6.92. The molecule has 0 aromatic heterocycles. The molecule has 0 radical (unpaired) electrons. The Morgan fingerprint density at radius 3 is 1.68 bits per heavy atom. The van der Waals surface area contributed by atoms with Gasteiger partial charge in [-0.1, -0.05) is 42.0 Å². The van der Waals surface area contributed by atoms with Crippen molar-refractivity contribution in [1.82, 2.24) is 8.61 Å². The number of benzene rings is 2. The summed E-state index contributed by atoms with van der Waals surface area (Å²) in [7, 11) is -7.47. The van der Waals surface area contributed by atoms with Gasteiger partial charge in [-0.3, -0.25) is 4.31 Å². The number of sulfonamides is 2. The quantitative estimate of drug-likeness (QED) is 0.762. The molecule has 0 atom stereocenters. The summed E-state index contributed by atoms with van der Waals surface area (Å²) < 4.78 is 54.5. The first-order chi connectivity index (χ1) is 13.1. The number of hydrogen-bond donors (Lipinski definition) is 0. The van der Waals surface area contributed by atoms with Gasteiger partial charge in [0, 0.05) is 31.8 Å². The van der Waals surface area contributed by atoms with E-state index in [1.54, 1.807) is 48.5 Å². The topological polar surface area (TPSA) is 74.8 Å². The molecule has 0 N–H and O–H groups in total. The molecule has 28 heavy (non-hydrogen) atoms. The summed E-state index contributed by atoms with van der Waals surface area (Å²) >= 11 is 0. The SMILES string of the molecule is C=C1CCN(S(=O)(=O)c2ccc(C)cc2)CCN1S(=O)(=O)c1ccc(C)cc1. The Morgan fingerprint density at radius 2 is 1.18 bits per heavy atom. The molecule has 3 rings (SSSR count). The van der Waals surface area contributed by atoms with E-state index in [0.29, 0.717) is 5.70 Å². The van der Waals surface area contributed by atoms with Gasteiger partial charge in [0.25, 0.3) is 10.0 Å². The Balaban J connectivity index is 1.86. The van der Waals surface area contributed by atoms with Crippen LogP contribution in [-0.2, 0) is 20.0 Å². The first-order valence-corrected chi connectivity index (χ1v) is 11.8. The zero-order valence-electron chi connectivity index (χ0n) is 16.0. The van der Waals surface area contributed by atoms with Gasteiger partial charge in [0.1, 0.15) is 0 Å². The second kappa shape index (κ2) is 7.69. The van der Waals surface area contributed by atoms with Crippen LogP contribution in [0.2, 0.25) is 0 Å². The number of rotatable bonds is 4. The van der Waals surface area contributed by atoms with Gasteiger partial charge in [0.15, 0.2) is 0 Å². The zero-order valence-corrected chi connectivity index (χ0v) is 17.6. The van der Waals surface area contributed by atoms with Crippen molar-refractivity contribution in [2.45, 2.75) is 30.1 Å². The monoisotopic (exact) mass is 420 g/mol. The van der Waals surface area contributed by atoms with Gasteiger partial charge in [0.05, 0.1) is 9.79 Å². The minimum Gasteiger partial charge on any atom is -0.269 e. The molecule has 2 aromatic rings. The molecule has 0 amide bonds. The standard InChI is InChI=1S/C20H24N2O4S2/c1-16-4-8-19(9-5-16)27(23,24)21-13-12-18(3)22(15-14-21)28(25,26)20-10-6-17(2)7-11-20/h4-11H,3,12-15H2,1-2H3. The maximum atomic E-state index is 13.0. The van der Waals surface area contributed by atoms with Crippen LogP contribution in [0.1, 0.15) is 17.5 Å². The van der Waals surface area contributed by atoms with Crippen LogP contribution in [0.3, 0.4) is 0 Å². The van der Waals surface area contributed by atoms with Crippen molar-refractivity contribution in [2.75, 3.05) is 19.6 Å². The van der Waals surface area contributed by atoms with Gasteiger partial charge in [0.2, 0.25) is 10.0 Å². The lowest BCUT2D eigenvalue weighted by Gasteiger charge is -2.24. The predicted molar refractivity (Wildman–Crippen MR) is 109 cm³/mol. The van der Waals surface area contributed by atoms with Crippen LogP contribution in [-0.4, -0.2) is 45.1 Å². The minimum absolute atomic E-state index is 0.0279. The minimum atomic E-state index is -3.78. The summed E-state index contributed by atoms with van der Waals surface area (Å²) in [6, 6.07) is 13.2. The zero-order chi connectivity index (χ0) is 20.5. The van der Waals surface area contributed by atoms with Gasteiger partial charge in [-0.05, 0) is 38.1 Å². The molecule has 1 aliphatic rings. The first-order valence-electron chi connectivity index (χ1n) is 8.96. The van der Waals surface area contributed by atoms with Crippen molar-refractivity contribution in [2.24, 2.45) is 0 Å². The van der Waals surface area contributed by atoms with Crippen molar-refractivity contribution in [3.8, 4) is 0 Å². The molecular weight excluding hydrogens is 396 g/mol. The molecule has 1 saturated heterocycles. The third-order valence-corrected chi connectivity index (χ3v) is 8.62. The molecular formula is C20H24N2O4S2. The van der Waals surface area contributed by atoms with E-state index >= 15 is 0 Å². The molecule has 0 bridgehead atoms. The van der Waals surface area contributed by atoms with E-state index in [-0.39, 0.29) is 35.8 Å². The summed E-state index contributed by atoms with van der Waals surface area (Å²) in [6.45, 7) is 7.95. The van der Waals surface area contributed by atoms with Gasteiger partial charge < -0.3 is 0 Å². The molecule has 150 valence electrons. The van der Waals surface area contributed by atoms with Crippen molar-refractivity contribution in [3.05, 3.63) is 71.9 Å². The molecule has 0 spiro atoms. The Bertz CT molecular complexity index is 1070. The van der Waals surface area contributed by atoms with Gasteiger partial charge >= 0.3 is 0 Å². The van der Waals surface area contributed by atoms with E-state index in [0.717, 1.165) is 11.1 Å². The lowest BCUT2D eigenvalue weighted by molar-refractivity contribution is 0.413. The molecule has 6 nitrogen and oxygen atoms in total. The highest BCUT2D eigenvalue weighted by Crippen LogP contribution is 2.26. The van der Waals surface area contributed by atoms with E-state index in [2.05, 4.69) is 6.58 Å². The average Bonchev–Trinajstić information content (AvgIpc) is 2.85. The molecule has 2 aromatic carbocycles. The second-order valence-corrected chi connectivity index (χ2v) is 10.7. The summed E-state index contributed by atoms with van der Waals surface area (Å²) in [5.74, 6) is 0. The average molecular weight is 421 g/mol. The summed E-state index contributed by atoms with van der Waals surface area (Å²) in [6.07, 6.45) is 0.246. The Labute approximate surface area is 167 Å². The maximum Gasteiger partial charge on any atom is 0.264 e. The highest BCUT2D eigenvalue weighted by Gasteiger charge is 2.32. The fourth-order valence-electron chi connectivity index (χ4n) is 3.08. The fraction of sp³-hybridized carbons (Fsp3) is 0.300. The van der Waals surface area contributed by atoms with Gasteiger partial charge in [-0.25, -0.2) is 16.8 Å². The largest absolute Gasteiger partial charge is 0.269 e. The molecule has 0 saturated carbocycles. The van der Waals surface area contributed by atoms with E-state index in [9.17, 15) is 16.8 Å². The van der Waals surface area contributed by atoms with Crippen LogP contribution in [0, 0.1) is 13.8 Å². The normalized spacial score (nSPS) is 16.8. The van der Waals surface area contributed by atoms with Gasteiger partial charge in [-0.2, -0.15) is 4.31 Å². The van der Waals surface area contributed by atoms with Crippen LogP contribution < -0.4 is 0 Å². The number of aryl methyl sites for hydroxylation is 2. The lowest BCUT2D eigenvalue weighted by atomic mass is 10.2. The Morgan fingerprint density at radius 1 is 0.714 bits per heavy atom. The predicted octanol–water partition coefficient (Wildman–Crippen LogP) is 2.90. The third kappa shape index (κ3) is 3.99. The van der Waals surface area contributed by atoms with E-state index in [1.165, 1.54) is 8.61 Å². The van der Waals surface area contributed by atoms with Crippen LogP contribution in [0.4, 0.5) is 0 Å². The first kappa shape index (κ1) is 20.6. The Kier molecular flexibility index (Phi) is 5.65. The number of hydrogen-bond acceptors (Lipinski definition) is 4. The molecule has 1 aliphatic heterocycles. The molecule has 0 aliphatic carbocycles. The van der Waals surface area contributed by atoms with Crippen molar-refractivity contribution in [1.29, 1.82) is 0 Å². The van der Waals surface area contributed by atoms with Crippen LogP contribution in [0.25, 0.3) is 0 Å². The molecule has 0 unspecified atom stereocenters. The Hall–Kier alpha value is -2.16. The maximum absolute atomic E-state index is 13.0. The summed E-state index contributed by atoms with van der Waals surface area (Å²) in [4.78, 5) is 0.382. The van der Waals surface area contributed by atoms with Crippen LogP contribution in [0.15, 0.2) is 70.6 Å². The summed E-state index contributed by atoms with van der Waals surface area (Å²) in [5.41, 5.74) is 2.32. The van der Waals surface area contributed by atoms with Crippen LogP contribution in [0.5, 0.6) is 0 Å². The van der Waals surface area contributed by atoms with E-state index in [4.69, 9.17) is 0 Å². The van der Waals surface area contributed by atoms with Crippen molar-refractivity contribution >= 4 is 20.0 Å². The molecule has 1 heterocycles. The van der Waals surface area contributed by atoms with E-state index in [1.807, 2.05) is 13.8 Å². The lowest BCUT2D eigenvalue weighted by Crippen LogP contribution is -2.36. The van der Waals surface area contributed by atoms with Crippen molar-refractivity contribution in [3.63, 3.8) is 0 Å². The third-order valence-electron chi connectivity index (χ3n) is 4.82. The fourth-order valence-corrected chi connectivity index (χ4v) is 6.00. The molecule has 1 fully saturated rings. The summed E-state index contributed by atoms with van der Waals surface area (Å²) in [5, 5.41) is 0. The van der Waals surface area contributed by atoms with Gasteiger partial charge in [-0.15, -0.1) is 0 Å². The highest BCUT2D eigenvalue weighted by molar-refractivity contribution is 7.89. The molecule has 8 heteroatoms. The van der Waals surface area contributed by atoms with Crippen LogP contribution >= 0.6 is 0 Å².